The van der Waals surface area contributed by atoms with Gasteiger partial charge in [-0.2, -0.15) is 0 Å². The fraction of sp³-hybridized carbons (Fsp3) is 0.929. The van der Waals surface area contributed by atoms with Crippen LogP contribution in [-0.2, 0) is 0 Å². The van der Waals surface area contributed by atoms with Crippen LogP contribution in [0.2, 0.25) is 0 Å². The molecule has 1 spiro atoms. The van der Waals surface area contributed by atoms with Gasteiger partial charge >= 0.3 is 6.03 Å². The highest BCUT2D eigenvalue weighted by molar-refractivity contribution is 5.73. The van der Waals surface area contributed by atoms with Crippen LogP contribution in [0.15, 0.2) is 0 Å². The second kappa shape index (κ2) is 5.91. The molecular formula is C14H27N3O. The molecule has 0 aromatic heterocycles. The van der Waals surface area contributed by atoms with Gasteiger partial charge in [0.15, 0.2) is 0 Å². The topological polar surface area (TPSA) is 53.2 Å². The first-order chi connectivity index (χ1) is 8.66. The lowest BCUT2D eigenvalue weighted by molar-refractivity contribution is 0.237. The summed E-state index contributed by atoms with van der Waals surface area (Å²) in [5.41, 5.74) is 0.615. The number of likely N-dealkylation sites (N-methyl/N-ethyl adjacent to an activating group) is 1. The van der Waals surface area contributed by atoms with Crippen LogP contribution < -0.4 is 16.0 Å². The van der Waals surface area contributed by atoms with Crippen molar-refractivity contribution in [2.75, 3.05) is 20.1 Å². The highest BCUT2D eigenvalue weighted by Gasteiger charge is 2.53. The molecule has 18 heavy (non-hydrogen) atoms. The van der Waals surface area contributed by atoms with Crippen molar-refractivity contribution < 1.29 is 4.79 Å². The van der Waals surface area contributed by atoms with E-state index in [1.54, 1.807) is 0 Å². The number of urea groups is 1. The van der Waals surface area contributed by atoms with E-state index in [0.29, 0.717) is 18.0 Å². The SMILES string of the molecule is CNC(C)CNC(=O)NCC1CC12CCCCC2. The number of carbonyl (C=O) groups excluding carboxylic acids is 1. The lowest BCUT2D eigenvalue weighted by atomic mass is 9.84. The number of hydrogen-bond donors (Lipinski definition) is 3. The molecule has 2 aliphatic carbocycles. The van der Waals surface area contributed by atoms with E-state index < -0.39 is 0 Å². The van der Waals surface area contributed by atoms with Gasteiger partial charge in [0.25, 0.3) is 0 Å². The number of carbonyl (C=O) groups is 1. The largest absolute Gasteiger partial charge is 0.338 e. The summed E-state index contributed by atoms with van der Waals surface area (Å²) in [7, 11) is 1.90. The summed E-state index contributed by atoms with van der Waals surface area (Å²) in [6.45, 7) is 3.59. The minimum Gasteiger partial charge on any atom is -0.338 e. The van der Waals surface area contributed by atoms with E-state index >= 15 is 0 Å². The van der Waals surface area contributed by atoms with Gasteiger partial charge in [-0.1, -0.05) is 19.3 Å². The predicted octanol–water partition coefficient (Wildman–Crippen LogP) is 1.86. The molecule has 0 saturated heterocycles. The normalized spacial score (nSPS) is 26.7. The first kappa shape index (κ1) is 13.7. The average molecular weight is 253 g/mol. The molecule has 2 atom stereocenters. The van der Waals surface area contributed by atoms with Crippen LogP contribution in [0.25, 0.3) is 0 Å². The monoisotopic (exact) mass is 253 g/mol. The minimum atomic E-state index is -0.0186. The Morgan fingerprint density at radius 2 is 2.00 bits per heavy atom. The van der Waals surface area contributed by atoms with Gasteiger partial charge in [0.2, 0.25) is 0 Å². The molecule has 2 aliphatic rings. The summed E-state index contributed by atoms with van der Waals surface area (Å²) in [5, 5.41) is 9.01. The van der Waals surface area contributed by atoms with Crippen LogP contribution >= 0.6 is 0 Å². The second-order valence-corrected chi connectivity index (χ2v) is 6.10. The highest BCUT2D eigenvalue weighted by Crippen LogP contribution is 2.60. The molecule has 0 radical (unpaired) electrons. The van der Waals surface area contributed by atoms with Gasteiger partial charge in [0.05, 0.1) is 0 Å². The van der Waals surface area contributed by atoms with Crippen LogP contribution in [0.4, 0.5) is 4.79 Å². The van der Waals surface area contributed by atoms with Gasteiger partial charge in [-0.3, -0.25) is 0 Å². The molecule has 2 rings (SSSR count). The van der Waals surface area contributed by atoms with E-state index in [0.717, 1.165) is 12.5 Å². The standard InChI is InChI=1S/C14H27N3O/c1-11(15-2)9-16-13(18)17-10-12-8-14(12)6-4-3-5-7-14/h11-12,15H,3-10H2,1-2H3,(H2,16,17,18). The van der Waals surface area contributed by atoms with E-state index in [1.807, 2.05) is 7.05 Å². The lowest BCUT2D eigenvalue weighted by Gasteiger charge is -2.22. The third-order valence-corrected chi connectivity index (χ3v) is 4.78. The first-order valence-electron chi connectivity index (χ1n) is 7.35. The maximum Gasteiger partial charge on any atom is 0.314 e. The van der Waals surface area contributed by atoms with E-state index in [-0.39, 0.29) is 6.03 Å². The Kier molecular flexibility index (Phi) is 4.49. The number of rotatable bonds is 5. The van der Waals surface area contributed by atoms with Gasteiger partial charge in [-0.15, -0.1) is 0 Å². The molecule has 2 unspecified atom stereocenters. The van der Waals surface area contributed by atoms with Gasteiger partial charge < -0.3 is 16.0 Å². The van der Waals surface area contributed by atoms with E-state index in [2.05, 4.69) is 22.9 Å². The third-order valence-electron chi connectivity index (χ3n) is 4.78. The molecule has 0 aromatic carbocycles. The summed E-state index contributed by atoms with van der Waals surface area (Å²) in [6, 6.07) is 0.302. The Morgan fingerprint density at radius 1 is 1.28 bits per heavy atom. The third kappa shape index (κ3) is 3.37. The molecule has 0 aromatic rings. The fourth-order valence-corrected chi connectivity index (χ4v) is 3.21. The van der Waals surface area contributed by atoms with Crippen molar-refractivity contribution in [1.29, 1.82) is 0 Å². The molecule has 104 valence electrons. The number of nitrogens with one attached hydrogen (secondary N) is 3. The molecule has 0 heterocycles. The van der Waals surface area contributed by atoms with Crippen LogP contribution in [0.1, 0.15) is 45.4 Å². The Balaban J connectivity index is 1.60. The van der Waals surface area contributed by atoms with Crippen molar-refractivity contribution in [3.63, 3.8) is 0 Å². The quantitative estimate of drug-likeness (QED) is 0.700. The zero-order chi connectivity index (χ0) is 13.0. The Hall–Kier alpha value is -0.770. The van der Waals surface area contributed by atoms with Crippen molar-refractivity contribution in [3.05, 3.63) is 0 Å². The smallest absolute Gasteiger partial charge is 0.314 e. The highest BCUT2D eigenvalue weighted by atomic mass is 16.2. The van der Waals surface area contributed by atoms with Gasteiger partial charge in [0.1, 0.15) is 0 Å². The van der Waals surface area contributed by atoms with Gasteiger partial charge in [0, 0.05) is 19.1 Å². The second-order valence-electron chi connectivity index (χ2n) is 6.10. The average Bonchev–Trinajstić information content (AvgIpc) is 3.06. The Morgan fingerprint density at radius 3 is 2.67 bits per heavy atom. The minimum absolute atomic E-state index is 0.0186. The zero-order valence-corrected chi connectivity index (χ0v) is 11.7. The molecule has 0 bridgehead atoms. The summed E-state index contributed by atoms with van der Waals surface area (Å²) in [4.78, 5) is 11.6. The molecule has 2 saturated carbocycles. The van der Waals surface area contributed by atoms with Crippen molar-refractivity contribution in [2.24, 2.45) is 11.3 Å². The van der Waals surface area contributed by atoms with Crippen LogP contribution in [0.3, 0.4) is 0 Å². The summed E-state index contributed by atoms with van der Waals surface area (Å²) >= 11 is 0. The molecular weight excluding hydrogens is 226 g/mol. The zero-order valence-electron chi connectivity index (χ0n) is 11.7. The van der Waals surface area contributed by atoms with Crippen molar-refractivity contribution in [3.8, 4) is 0 Å². The van der Waals surface area contributed by atoms with E-state index in [4.69, 9.17) is 0 Å². The van der Waals surface area contributed by atoms with Gasteiger partial charge in [-0.05, 0) is 44.6 Å². The molecule has 2 amide bonds. The number of amides is 2. The lowest BCUT2D eigenvalue weighted by Crippen LogP contribution is -2.43. The van der Waals surface area contributed by atoms with E-state index in [1.165, 1.54) is 38.5 Å². The van der Waals surface area contributed by atoms with Crippen molar-refractivity contribution >= 4 is 6.03 Å². The molecule has 4 heteroatoms. The maximum absolute atomic E-state index is 11.6. The number of hydrogen-bond acceptors (Lipinski definition) is 2. The van der Waals surface area contributed by atoms with Crippen molar-refractivity contribution in [1.82, 2.24) is 16.0 Å². The summed E-state index contributed by atoms with van der Waals surface area (Å²) in [5.74, 6) is 0.741. The predicted molar refractivity (Wildman–Crippen MR) is 73.5 cm³/mol. The van der Waals surface area contributed by atoms with Crippen LogP contribution in [0, 0.1) is 11.3 Å². The van der Waals surface area contributed by atoms with Crippen LogP contribution in [0.5, 0.6) is 0 Å². The van der Waals surface area contributed by atoms with Crippen LogP contribution in [-0.4, -0.2) is 32.2 Å². The first-order valence-corrected chi connectivity index (χ1v) is 7.35. The molecule has 0 aliphatic heterocycles. The molecule has 4 nitrogen and oxygen atoms in total. The summed E-state index contributed by atoms with van der Waals surface area (Å²) in [6.07, 6.45) is 8.30. The van der Waals surface area contributed by atoms with E-state index in [9.17, 15) is 4.79 Å². The Bertz CT molecular complexity index is 287. The fourth-order valence-electron chi connectivity index (χ4n) is 3.21. The van der Waals surface area contributed by atoms with Crippen molar-refractivity contribution in [2.45, 2.75) is 51.5 Å². The Labute approximate surface area is 110 Å². The molecule has 3 N–H and O–H groups in total. The van der Waals surface area contributed by atoms with Gasteiger partial charge in [-0.25, -0.2) is 4.79 Å². The maximum atomic E-state index is 11.6. The summed E-state index contributed by atoms with van der Waals surface area (Å²) < 4.78 is 0. The molecule has 2 fully saturated rings.